The molecule has 136 valence electrons. The molecule has 0 atom stereocenters. The topological polar surface area (TPSA) is 94.8 Å². The summed E-state index contributed by atoms with van der Waals surface area (Å²) in [4.78, 5) is 24.7. The molecule has 0 unspecified atom stereocenters. The van der Waals surface area contributed by atoms with E-state index >= 15 is 0 Å². The molecule has 1 aliphatic heterocycles. The Morgan fingerprint density at radius 1 is 1.26 bits per heavy atom. The second-order valence-electron chi connectivity index (χ2n) is 5.75. The average Bonchev–Trinajstić information content (AvgIpc) is 3.11. The van der Waals surface area contributed by atoms with Crippen LogP contribution in [0.25, 0.3) is 10.8 Å². The van der Waals surface area contributed by atoms with Gasteiger partial charge in [-0.2, -0.15) is 10.2 Å². The van der Waals surface area contributed by atoms with Crippen LogP contribution in [0.1, 0.15) is 16.1 Å². The van der Waals surface area contributed by atoms with Crippen molar-refractivity contribution in [3.63, 3.8) is 0 Å². The van der Waals surface area contributed by atoms with Gasteiger partial charge in [-0.1, -0.05) is 18.2 Å². The highest BCUT2D eigenvalue weighted by atomic mass is 79.9. The fourth-order valence-corrected chi connectivity index (χ4v) is 3.14. The molecule has 0 aliphatic carbocycles. The van der Waals surface area contributed by atoms with Crippen molar-refractivity contribution in [3.05, 3.63) is 62.5 Å². The number of fused-ring (bicyclic) bond motifs is 2. The predicted molar refractivity (Wildman–Crippen MR) is 102 cm³/mol. The first kappa shape index (κ1) is 17.2. The number of benzene rings is 2. The van der Waals surface area contributed by atoms with E-state index in [4.69, 9.17) is 9.47 Å². The maximum atomic E-state index is 12.5. The monoisotopic (exact) mass is 428 g/mol. The van der Waals surface area contributed by atoms with Crippen LogP contribution >= 0.6 is 15.9 Å². The number of aromatic nitrogens is 2. The Labute approximate surface area is 161 Å². The zero-order chi connectivity index (χ0) is 19.0. The molecule has 27 heavy (non-hydrogen) atoms. The molecule has 2 heterocycles. The number of nitrogens with one attached hydrogen (secondary N) is 1. The van der Waals surface area contributed by atoms with E-state index in [0.717, 1.165) is 9.15 Å². The van der Waals surface area contributed by atoms with Crippen LogP contribution in [0.5, 0.6) is 11.5 Å². The molecule has 9 heteroatoms. The van der Waals surface area contributed by atoms with E-state index in [0.29, 0.717) is 27.8 Å². The lowest BCUT2D eigenvalue weighted by Gasteiger charge is -2.06. The van der Waals surface area contributed by atoms with Gasteiger partial charge in [-0.3, -0.25) is 9.59 Å². The molecular formula is C18H13BrN4O4. The Morgan fingerprint density at radius 2 is 1.96 bits per heavy atom. The zero-order valence-corrected chi connectivity index (χ0v) is 15.7. The minimum absolute atomic E-state index is 0.120. The van der Waals surface area contributed by atoms with Crippen molar-refractivity contribution in [2.24, 2.45) is 12.1 Å². The molecule has 3 aromatic rings. The highest BCUT2D eigenvalue weighted by Gasteiger charge is 2.17. The number of hydrogen-bond acceptors (Lipinski definition) is 6. The number of aryl methyl sites for hydroxylation is 1. The zero-order valence-electron chi connectivity index (χ0n) is 14.1. The normalized spacial score (nSPS) is 12.7. The summed E-state index contributed by atoms with van der Waals surface area (Å²) < 4.78 is 12.5. The number of carbonyl (C=O) groups excluding carboxylic acids is 1. The molecule has 0 saturated heterocycles. The number of rotatable bonds is 3. The van der Waals surface area contributed by atoms with E-state index in [1.54, 1.807) is 36.4 Å². The summed E-state index contributed by atoms with van der Waals surface area (Å²) in [5, 5.41) is 8.94. The number of halogens is 1. The highest BCUT2D eigenvalue weighted by Crippen LogP contribution is 2.36. The van der Waals surface area contributed by atoms with Gasteiger partial charge in [0.15, 0.2) is 17.2 Å². The highest BCUT2D eigenvalue weighted by molar-refractivity contribution is 9.10. The molecule has 2 aromatic carbocycles. The molecule has 4 rings (SSSR count). The van der Waals surface area contributed by atoms with Gasteiger partial charge in [-0.05, 0) is 34.1 Å². The summed E-state index contributed by atoms with van der Waals surface area (Å²) in [5.41, 5.74) is 3.00. The molecule has 1 amide bonds. The van der Waals surface area contributed by atoms with Crippen molar-refractivity contribution in [1.82, 2.24) is 15.2 Å². The van der Waals surface area contributed by atoms with Gasteiger partial charge in [0.2, 0.25) is 6.79 Å². The summed E-state index contributed by atoms with van der Waals surface area (Å²) in [6.45, 7) is 0.171. The third-order valence-corrected chi connectivity index (χ3v) is 4.72. The van der Waals surface area contributed by atoms with E-state index in [9.17, 15) is 9.59 Å². The first-order valence-electron chi connectivity index (χ1n) is 7.93. The van der Waals surface area contributed by atoms with Crippen molar-refractivity contribution in [3.8, 4) is 11.5 Å². The minimum atomic E-state index is -0.519. The van der Waals surface area contributed by atoms with Crippen LogP contribution in [0.2, 0.25) is 0 Å². The Hall–Kier alpha value is -3.20. The van der Waals surface area contributed by atoms with Crippen LogP contribution in [0.3, 0.4) is 0 Å². The number of nitrogens with zero attached hydrogens (tertiary/aromatic N) is 3. The van der Waals surface area contributed by atoms with Crippen LogP contribution in [-0.2, 0) is 7.05 Å². The van der Waals surface area contributed by atoms with Crippen molar-refractivity contribution in [1.29, 1.82) is 0 Å². The van der Waals surface area contributed by atoms with Gasteiger partial charge in [0.25, 0.3) is 11.5 Å². The third-order valence-electron chi connectivity index (χ3n) is 4.03. The third kappa shape index (κ3) is 3.17. The van der Waals surface area contributed by atoms with E-state index < -0.39 is 5.91 Å². The van der Waals surface area contributed by atoms with Gasteiger partial charge in [0.1, 0.15) is 0 Å². The molecule has 0 saturated carbocycles. The number of ether oxygens (including phenoxy) is 2. The summed E-state index contributed by atoms with van der Waals surface area (Å²) >= 11 is 3.42. The van der Waals surface area contributed by atoms with Crippen molar-refractivity contribution in [2.45, 2.75) is 0 Å². The fraction of sp³-hybridized carbons (Fsp3) is 0.111. The van der Waals surface area contributed by atoms with E-state index in [1.807, 2.05) is 0 Å². The van der Waals surface area contributed by atoms with Gasteiger partial charge < -0.3 is 9.47 Å². The second kappa shape index (κ2) is 6.84. The van der Waals surface area contributed by atoms with E-state index in [2.05, 4.69) is 31.6 Å². The summed E-state index contributed by atoms with van der Waals surface area (Å²) in [6.07, 6.45) is 1.48. The fourth-order valence-electron chi connectivity index (χ4n) is 2.71. The molecule has 0 spiro atoms. The molecule has 0 radical (unpaired) electrons. The lowest BCUT2D eigenvalue weighted by Crippen LogP contribution is -2.27. The molecule has 1 aromatic heterocycles. The van der Waals surface area contributed by atoms with Crippen LogP contribution in [0, 0.1) is 0 Å². The molecule has 0 bridgehead atoms. The summed E-state index contributed by atoms with van der Waals surface area (Å²) in [6, 6.07) is 10.3. The van der Waals surface area contributed by atoms with E-state index in [-0.39, 0.29) is 18.0 Å². The molecular weight excluding hydrogens is 416 g/mol. The van der Waals surface area contributed by atoms with Gasteiger partial charge in [-0.25, -0.2) is 10.1 Å². The van der Waals surface area contributed by atoms with Crippen LogP contribution < -0.4 is 20.5 Å². The van der Waals surface area contributed by atoms with Gasteiger partial charge in [-0.15, -0.1) is 0 Å². The van der Waals surface area contributed by atoms with Crippen molar-refractivity contribution >= 4 is 38.8 Å². The number of hydrazone groups is 1. The smallest absolute Gasteiger partial charge is 0.292 e. The quantitative estimate of drug-likeness (QED) is 0.509. The maximum Gasteiger partial charge on any atom is 0.292 e. The first-order valence-corrected chi connectivity index (χ1v) is 8.72. The van der Waals surface area contributed by atoms with Crippen molar-refractivity contribution in [2.75, 3.05) is 6.79 Å². The summed E-state index contributed by atoms with van der Waals surface area (Å²) in [5.74, 6) is 0.732. The molecule has 1 N–H and O–H groups in total. The Morgan fingerprint density at radius 3 is 2.74 bits per heavy atom. The largest absolute Gasteiger partial charge is 0.454 e. The van der Waals surface area contributed by atoms with E-state index in [1.165, 1.54) is 13.3 Å². The standard InChI is InChI=1S/C18H13BrN4O4/c1-23-18(25)12-5-3-2-4-11(12)16(22-23)17(24)21-20-8-10-6-14-15(7-13(10)19)27-9-26-14/h2-8H,9H2,1H3,(H,21,24)/b20-8+. The first-order chi connectivity index (χ1) is 13.0. The molecule has 8 nitrogen and oxygen atoms in total. The Balaban J connectivity index is 1.61. The number of hydrogen-bond donors (Lipinski definition) is 1. The van der Waals surface area contributed by atoms with Crippen molar-refractivity contribution < 1.29 is 14.3 Å². The average molecular weight is 429 g/mol. The Bertz CT molecular complexity index is 1160. The Kier molecular flexibility index (Phi) is 4.36. The molecule has 0 fully saturated rings. The molecule has 1 aliphatic rings. The van der Waals surface area contributed by atoms with Crippen LogP contribution in [0.15, 0.2) is 50.8 Å². The number of carbonyl (C=O) groups is 1. The lowest BCUT2D eigenvalue weighted by atomic mass is 10.1. The van der Waals surface area contributed by atoms with Crippen LogP contribution in [-0.4, -0.2) is 28.7 Å². The van der Waals surface area contributed by atoms with Crippen LogP contribution in [0.4, 0.5) is 0 Å². The maximum absolute atomic E-state index is 12.5. The number of amides is 1. The second-order valence-corrected chi connectivity index (χ2v) is 6.60. The summed E-state index contributed by atoms with van der Waals surface area (Å²) in [7, 11) is 1.50. The van der Waals surface area contributed by atoms with Gasteiger partial charge in [0, 0.05) is 22.5 Å². The van der Waals surface area contributed by atoms with Gasteiger partial charge >= 0.3 is 0 Å². The predicted octanol–water partition coefficient (Wildman–Crippen LogP) is 2.19. The SMILES string of the molecule is Cn1nc(C(=O)N/N=C/c2cc3c(cc2Br)OCO3)c2ccccc2c1=O. The lowest BCUT2D eigenvalue weighted by molar-refractivity contribution is 0.0950. The minimum Gasteiger partial charge on any atom is -0.454 e. The van der Waals surface area contributed by atoms with Gasteiger partial charge in [0.05, 0.1) is 11.6 Å².